The van der Waals surface area contributed by atoms with Crippen molar-refractivity contribution < 1.29 is 22.7 Å². The third-order valence-corrected chi connectivity index (χ3v) is 6.69. The van der Waals surface area contributed by atoms with E-state index in [0.717, 1.165) is 5.56 Å². The van der Waals surface area contributed by atoms with Gasteiger partial charge in [0.15, 0.2) is 6.61 Å². The van der Waals surface area contributed by atoms with Gasteiger partial charge in [0.25, 0.3) is 5.91 Å². The van der Waals surface area contributed by atoms with E-state index >= 15 is 0 Å². The molecule has 2 rings (SSSR count). The molecule has 2 aromatic carbocycles. The molecular weight excluding hydrogens is 404 g/mol. The molecule has 8 heteroatoms. The van der Waals surface area contributed by atoms with E-state index in [1.807, 2.05) is 32.0 Å². The predicted octanol–water partition coefficient (Wildman–Crippen LogP) is 3.64. The van der Waals surface area contributed by atoms with Crippen molar-refractivity contribution in [3.05, 3.63) is 59.7 Å². The molecule has 0 heterocycles. The minimum Gasteiger partial charge on any atom is -0.452 e. The minimum atomic E-state index is -3.60. The average Bonchev–Trinajstić information content (AvgIpc) is 2.73. The zero-order valence-electron chi connectivity index (χ0n) is 17.7. The van der Waals surface area contributed by atoms with Crippen molar-refractivity contribution in [1.82, 2.24) is 4.31 Å². The molecule has 0 unspecified atom stereocenters. The number of ether oxygens (including phenoxy) is 1. The molecule has 0 fully saturated rings. The highest BCUT2D eigenvalue weighted by atomic mass is 32.2. The Hall–Kier alpha value is -2.71. The van der Waals surface area contributed by atoms with Gasteiger partial charge in [0.05, 0.1) is 10.5 Å². The highest BCUT2D eigenvalue weighted by Gasteiger charge is 2.22. The van der Waals surface area contributed by atoms with Crippen LogP contribution in [0.1, 0.15) is 49.5 Å². The van der Waals surface area contributed by atoms with Crippen LogP contribution in [-0.4, -0.2) is 44.3 Å². The lowest BCUT2D eigenvalue weighted by Gasteiger charge is -2.18. The lowest BCUT2D eigenvalue weighted by atomic mass is 10.0. The molecule has 0 aliphatic carbocycles. The second kappa shape index (κ2) is 10.4. The number of nitrogens with zero attached hydrogens (tertiary/aromatic N) is 1. The van der Waals surface area contributed by atoms with E-state index in [4.69, 9.17) is 4.74 Å². The Morgan fingerprint density at radius 1 is 1.00 bits per heavy atom. The van der Waals surface area contributed by atoms with Gasteiger partial charge in [-0.25, -0.2) is 13.2 Å². The smallest absolute Gasteiger partial charge is 0.338 e. The van der Waals surface area contributed by atoms with Gasteiger partial charge < -0.3 is 10.1 Å². The maximum atomic E-state index is 12.5. The number of anilines is 1. The highest BCUT2D eigenvalue weighted by molar-refractivity contribution is 7.89. The standard InChI is InChI=1S/C22H28N2O5S/c1-5-24(6-2)30(27,28)18-13-11-17(12-14-18)22(26)29-15-21(25)23-20-10-8-7-9-19(20)16(3)4/h7-14,16H,5-6,15H2,1-4H3,(H,23,25). The van der Waals surface area contributed by atoms with Crippen LogP contribution in [-0.2, 0) is 19.6 Å². The van der Waals surface area contributed by atoms with Crippen LogP contribution >= 0.6 is 0 Å². The topological polar surface area (TPSA) is 92.8 Å². The lowest BCUT2D eigenvalue weighted by molar-refractivity contribution is -0.119. The maximum absolute atomic E-state index is 12.5. The number of esters is 1. The Labute approximate surface area is 178 Å². The van der Waals surface area contributed by atoms with Gasteiger partial charge in [-0.1, -0.05) is 45.9 Å². The van der Waals surface area contributed by atoms with Gasteiger partial charge in [0, 0.05) is 18.8 Å². The van der Waals surface area contributed by atoms with E-state index in [9.17, 15) is 18.0 Å². The van der Waals surface area contributed by atoms with Gasteiger partial charge in [0.2, 0.25) is 10.0 Å². The molecule has 2 aromatic rings. The maximum Gasteiger partial charge on any atom is 0.338 e. The van der Waals surface area contributed by atoms with Crippen LogP contribution in [0.5, 0.6) is 0 Å². The SMILES string of the molecule is CCN(CC)S(=O)(=O)c1ccc(C(=O)OCC(=O)Nc2ccccc2C(C)C)cc1. The third-order valence-electron chi connectivity index (χ3n) is 4.62. The first kappa shape index (κ1) is 23.6. The molecule has 0 aliphatic rings. The first-order valence-electron chi connectivity index (χ1n) is 9.86. The molecule has 0 atom stereocenters. The first-order valence-corrected chi connectivity index (χ1v) is 11.3. The zero-order valence-corrected chi connectivity index (χ0v) is 18.5. The number of nitrogens with one attached hydrogen (secondary N) is 1. The summed E-state index contributed by atoms with van der Waals surface area (Å²) < 4.78 is 31.4. The third kappa shape index (κ3) is 5.67. The molecule has 0 saturated carbocycles. The number of sulfonamides is 1. The largest absolute Gasteiger partial charge is 0.452 e. The molecule has 0 aliphatic heterocycles. The van der Waals surface area contributed by atoms with Crippen molar-refractivity contribution in [2.75, 3.05) is 25.0 Å². The van der Waals surface area contributed by atoms with Crippen molar-refractivity contribution in [2.45, 2.75) is 38.5 Å². The fourth-order valence-corrected chi connectivity index (χ4v) is 4.45. The Bertz CT molecular complexity index is 981. The van der Waals surface area contributed by atoms with E-state index in [2.05, 4.69) is 5.32 Å². The highest BCUT2D eigenvalue weighted by Crippen LogP contribution is 2.23. The van der Waals surface area contributed by atoms with Crippen LogP contribution in [0.4, 0.5) is 5.69 Å². The van der Waals surface area contributed by atoms with Gasteiger partial charge in [-0.2, -0.15) is 4.31 Å². The van der Waals surface area contributed by atoms with Gasteiger partial charge in [-0.15, -0.1) is 0 Å². The molecule has 0 aromatic heterocycles. The summed E-state index contributed by atoms with van der Waals surface area (Å²) in [5.74, 6) is -0.915. The quantitative estimate of drug-likeness (QED) is 0.611. The molecule has 1 N–H and O–H groups in total. The monoisotopic (exact) mass is 432 g/mol. The lowest BCUT2D eigenvalue weighted by Crippen LogP contribution is -2.30. The molecule has 162 valence electrons. The van der Waals surface area contributed by atoms with Crippen LogP contribution in [0, 0.1) is 0 Å². The van der Waals surface area contributed by atoms with Crippen molar-refractivity contribution in [3.63, 3.8) is 0 Å². The fraction of sp³-hybridized carbons (Fsp3) is 0.364. The summed E-state index contributed by atoms with van der Waals surface area (Å²) >= 11 is 0. The van der Waals surface area contributed by atoms with E-state index in [1.165, 1.54) is 28.6 Å². The molecule has 0 bridgehead atoms. The van der Waals surface area contributed by atoms with Crippen LogP contribution < -0.4 is 5.32 Å². The Kier molecular flexibility index (Phi) is 8.14. The molecule has 0 spiro atoms. The van der Waals surface area contributed by atoms with Crippen LogP contribution in [0.2, 0.25) is 0 Å². The van der Waals surface area contributed by atoms with Crippen LogP contribution in [0.25, 0.3) is 0 Å². The minimum absolute atomic E-state index is 0.103. The Morgan fingerprint density at radius 2 is 1.60 bits per heavy atom. The summed E-state index contributed by atoms with van der Waals surface area (Å²) in [5.41, 5.74) is 1.84. The Balaban J connectivity index is 1.99. The second-order valence-electron chi connectivity index (χ2n) is 6.98. The average molecular weight is 433 g/mol. The number of rotatable bonds is 9. The van der Waals surface area contributed by atoms with Gasteiger partial charge >= 0.3 is 5.97 Å². The molecular formula is C22H28N2O5S. The molecule has 30 heavy (non-hydrogen) atoms. The van der Waals surface area contributed by atoms with Crippen molar-refractivity contribution in [3.8, 4) is 0 Å². The zero-order chi connectivity index (χ0) is 22.3. The Morgan fingerprint density at radius 3 is 2.17 bits per heavy atom. The summed E-state index contributed by atoms with van der Waals surface area (Å²) in [7, 11) is -3.60. The van der Waals surface area contributed by atoms with Crippen LogP contribution in [0.15, 0.2) is 53.4 Å². The van der Waals surface area contributed by atoms with E-state index < -0.39 is 28.5 Å². The number of carbonyl (C=O) groups is 2. The van der Waals surface area contributed by atoms with Gasteiger partial charge in [-0.05, 0) is 41.8 Å². The summed E-state index contributed by atoms with van der Waals surface area (Å²) in [6.45, 7) is 7.85. The molecule has 0 saturated heterocycles. The number of carbonyl (C=O) groups excluding carboxylic acids is 2. The number of hydrogen-bond acceptors (Lipinski definition) is 5. The predicted molar refractivity (Wildman–Crippen MR) is 116 cm³/mol. The summed E-state index contributed by atoms with van der Waals surface area (Å²) in [6, 6.07) is 12.9. The number of amides is 1. The second-order valence-corrected chi connectivity index (χ2v) is 8.92. The summed E-state index contributed by atoms with van der Waals surface area (Å²) in [4.78, 5) is 24.5. The molecule has 1 amide bonds. The van der Waals surface area contributed by atoms with Gasteiger partial charge in [-0.3, -0.25) is 4.79 Å². The molecule has 0 radical (unpaired) electrons. The van der Waals surface area contributed by atoms with Crippen molar-refractivity contribution >= 4 is 27.6 Å². The van der Waals surface area contributed by atoms with E-state index in [-0.39, 0.29) is 16.4 Å². The van der Waals surface area contributed by atoms with E-state index in [1.54, 1.807) is 19.9 Å². The summed E-state index contributed by atoms with van der Waals surface area (Å²) in [6.07, 6.45) is 0. The number of benzene rings is 2. The number of para-hydroxylation sites is 1. The van der Waals surface area contributed by atoms with E-state index in [0.29, 0.717) is 18.8 Å². The number of hydrogen-bond donors (Lipinski definition) is 1. The fourth-order valence-electron chi connectivity index (χ4n) is 2.99. The van der Waals surface area contributed by atoms with Gasteiger partial charge in [0.1, 0.15) is 0 Å². The van der Waals surface area contributed by atoms with Crippen LogP contribution in [0.3, 0.4) is 0 Å². The van der Waals surface area contributed by atoms with Crippen molar-refractivity contribution in [1.29, 1.82) is 0 Å². The first-order chi connectivity index (χ1) is 14.2. The normalized spacial score (nSPS) is 11.5. The summed E-state index contributed by atoms with van der Waals surface area (Å²) in [5, 5.41) is 2.75. The van der Waals surface area contributed by atoms with Crippen molar-refractivity contribution in [2.24, 2.45) is 0 Å². The molecule has 7 nitrogen and oxygen atoms in total.